The summed E-state index contributed by atoms with van der Waals surface area (Å²) in [6.45, 7) is 10.2. The first-order valence-electron chi connectivity index (χ1n) is 7.50. The van der Waals surface area contributed by atoms with Crippen molar-refractivity contribution in [1.82, 2.24) is 15.5 Å². The van der Waals surface area contributed by atoms with Gasteiger partial charge in [0.05, 0.1) is 11.7 Å². The van der Waals surface area contributed by atoms with E-state index < -0.39 is 0 Å². The minimum atomic E-state index is -0.318. The Kier molecular flexibility index (Phi) is 5.38. The number of benzene rings is 1. The minimum absolute atomic E-state index is 0.318. The first-order chi connectivity index (χ1) is 10.5. The molecule has 0 radical (unpaired) electrons. The van der Waals surface area contributed by atoms with Crippen molar-refractivity contribution in [3.05, 3.63) is 24.4 Å². The fourth-order valence-corrected chi connectivity index (χ4v) is 2.19. The van der Waals surface area contributed by atoms with Crippen LogP contribution in [0.25, 0.3) is 10.9 Å². The minimum Gasteiger partial charge on any atom is -0.462 e. The second kappa shape index (κ2) is 7.26. The van der Waals surface area contributed by atoms with Gasteiger partial charge in [-0.1, -0.05) is 0 Å². The van der Waals surface area contributed by atoms with E-state index in [4.69, 9.17) is 0 Å². The van der Waals surface area contributed by atoms with Crippen molar-refractivity contribution >= 4 is 23.1 Å². The zero-order valence-electron chi connectivity index (χ0n) is 13.4. The van der Waals surface area contributed by atoms with E-state index >= 15 is 0 Å². The highest BCUT2D eigenvalue weighted by atomic mass is 16.5. The molecule has 0 unspecified atom stereocenters. The van der Waals surface area contributed by atoms with E-state index in [1.807, 2.05) is 27.0 Å². The maximum Gasteiger partial charge on any atom is 0.293 e. The number of hydrogen-bond donors (Lipinski definition) is 2. The van der Waals surface area contributed by atoms with E-state index in [0.29, 0.717) is 6.47 Å². The van der Waals surface area contributed by atoms with Crippen LogP contribution in [0.5, 0.6) is 0 Å². The van der Waals surface area contributed by atoms with E-state index in [9.17, 15) is 4.79 Å². The first kappa shape index (κ1) is 16.3. The summed E-state index contributed by atoms with van der Waals surface area (Å²) in [5, 5.41) is 11.5. The lowest BCUT2D eigenvalue weighted by atomic mass is 10.2. The SMILES string of the molecule is CC(C)(C)OC=O.c1cc2[nH]ncc2cc1N1CCNCC1. The van der Waals surface area contributed by atoms with Crippen LogP contribution in [0.3, 0.4) is 0 Å². The third-order valence-electron chi connectivity index (χ3n) is 3.31. The number of hydrogen-bond acceptors (Lipinski definition) is 5. The Hall–Kier alpha value is -2.08. The van der Waals surface area contributed by atoms with Gasteiger partial charge in [0.2, 0.25) is 0 Å². The highest BCUT2D eigenvalue weighted by Crippen LogP contribution is 2.20. The molecular weight excluding hydrogens is 280 g/mol. The van der Waals surface area contributed by atoms with Crippen molar-refractivity contribution in [2.75, 3.05) is 31.1 Å². The van der Waals surface area contributed by atoms with Crippen molar-refractivity contribution in [1.29, 1.82) is 0 Å². The molecular formula is C16H24N4O2. The zero-order chi connectivity index (χ0) is 16.0. The molecule has 0 amide bonds. The molecule has 120 valence electrons. The van der Waals surface area contributed by atoms with Gasteiger partial charge in [-0.05, 0) is 39.0 Å². The zero-order valence-corrected chi connectivity index (χ0v) is 13.4. The number of nitrogens with one attached hydrogen (secondary N) is 2. The number of carbonyl (C=O) groups is 1. The Bertz CT molecular complexity index is 597. The van der Waals surface area contributed by atoms with Crippen LogP contribution in [0.1, 0.15) is 20.8 Å². The van der Waals surface area contributed by atoms with Crippen molar-refractivity contribution in [3.63, 3.8) is 0 Å². The Labute approximate surface area is 130 Å². The predicted molar refractivity (Wildman–Crippen MR) is 88.1 cm³/mol. The van der Waals surface area contributed by atoms with Crippen molar-refractivity contribution < 1.29 is 9.53 Å². The topological polar surface area (TPSA) is 70.2 Å². The van der Waals surface area contributed by atoms with Gasteiger partial charge in [-0.15, -0.1) is 0 Å². The lowest BCUT2D eigenvalue weighted by Crippen LogP contribution is -2.43. The highest BCUT2D eigenvalue weighted by Gasteiger charge is 2.10. The third-order valence-corrected chi connectivity index (χ3v) is 3.31. The number of H-pyrrole nitrogens is 1. The number of ether oxygens (including phenoxy) is 1. The molecule has 1 aromatic heterocycles. The number of carbonyl (C=O) groups excluding carboxylic acids is 1. The Morgan fingerprint density at radius 2 is 2.00 bits per heavy atom. The summed E-state index contributed by atoms with van der Waals surface area (Å²) in [6.07, 6.45) is 1.88. The van der Waals surface area contributed by atoms with E-state index in [2.05, 4.69) is 43.4 Å². The molecule has 6 heteroatoms. The number of fused-ring (bicyclic) bond motifs is 1. The van der Waals surface area contributed by atoms with Gasteiger partial charge in [0.25, 0.3) is 6.47 Å². The van der Waals surface area contributed by atoms with E-state index in [1.165, 1.54) is 11.1 Å². The van der Waals surface area contributed by atoms with Crippen LogP contribution in [0, 0.1) is 0 Å². The van der Waals surface area contributed by atoms with Crippen molar-refractivity contribution in [2.24, 2.45) is 0 Å². The number of nitrogens with zero attached hydrogens (tertiary/aromatic N) is 2. The van der Waals surface area contributed by atoms with Crippen LogP contribution in [0.4, 0.5) is 5.69 Å². The molecule has 1 saturated heterocycles. The smallest absolute Gasteiger partial charge is 0.293 e. The van der Waals surface area contributed by atoms with E-state index in [1.54, 1.807) is 0 Å². The van der Waals surface area contributed by atoms with Crippen LogP contribution in [0.15, 0.2) is 24.4 Å². The molecule has 2 aromatic rings. The molecule has 0 saturated carbocycles. The van der Waals surface area contributed by atoms with Gasteiger partial charge >= 0.3 is 0 Å². The summed E-state index contributed by atoms with van der Waals surface area (Å²) in [6, 6.07) is 6.45. The molecule has 3 rings (SSSR count). The molecule has 0 spiro atoms. The van der Waals surface area contributed by atoms with Crippen LogP contribution in [0.2, 0.25) is 0 Å². The average molecular weight is 304 g/mol. The van der Waals surface area contributed by atoms with Gasteiger partial charge in [-0.3, -0.25) is 9.89 Å². The van der Waals surface area contributed by atoms with Crippen LogP contribution in [-0.2, 0) is 9.53 Å². The fourth-order valence-electron chi connectivity index (χ4n) is 2.19. The summed E-state index contributed by atoms with van der Waals surface area (Å²) in [5.41, 5.74) is 2.08. The summed E-state index contributed by atoms with van der Waals surface area (Å²) in [5.74, 6) is 0. The summed E-state index contributed by atoms with van der Waals surface area (Å²) < 4.78 is 4.55. The molecule has 1 aliphatic rings. The number of aromatic amines is 1. The maximum absolute atomic E-state index is 9.60. The number of anilines is 1. The van der Waals surface area contributed by atoms with Gasteiger partial charge in [-0.2, -0.15) is 5.10 Å². The van der Waals surface area contributed by atoms with Gasteiger partial charge in [-0.25, -0.2) is 0 Å². The largest absolute Gasteiger partial charge is 0.462 e. The Morgan fingerprint density at radius 1 is 1.27 bits per heavy atom. The third kappa shape index (κ3) is 4.73. The van der Waals surface area contributed by atoms with Crippen LogP contribution >= 0.6 is 0 Å². The number of rotatable bonds is 2. The maximum atomic E-state index is 9.60. The molecule has 6 nitrogen and oxygen atoms in total. The molecule has 1 aliphatic heterocycles. The molecule has 1 fully saturated rings. The molecule has 0 atom stereocenters. The van der Waals surface area contributed by atoms with Gasteiger partial charge in [0, 0.05) is 37.3 Å². The van der Waals surface area contributed by atoms with Gasteiger partial charge in [0.15, 0.2) is 0 Å². The van der Waals surface area contributed by atoms with Crippen molar-refractivity contribution in [2.45, 2.75) is 26.4 Å². The average Bonchev–Trinajstić information content (AvgIpc) is 2.95. The van der Waals surface area contributed by atoms with E-state index in [-0.39, 0.29) is 5.60 Å². The fraction of sp³-hybridized carbons (Fsp3) is 0.500. The van der Waals surface area contributed by atoms with Crippen molar-refractivity contribution in [3.8, 4) is 0 Å². The first-order valence-corrected chi connectivity index (χ1v) is 7.50. The second-order valence-electron chi connectivity index (χ2n) is 6.21. The monoisotopic (exact) mass is 304 g/mol. The normalized spacial score (nSPS) is 15.1. The van der Waals surface area contributed by atoms with Crippen LogP contribution in [-0.4, -0.2) is 48.4 Å². The number of aromatic nitrogens is 2. The summed E-state index contributed by atoms with van der Waals surface area (Å²) in [4.78, 5) is 12.0. The number of piperazine rings is 1. The molecule has 22 heavy (non-hydrogen) atoms. The van der Waals surface area contributed by atoms with E-state index in [0.717, 1.165) is 31.7 Å². The van der Waals surface area contributed by atoms with Crippen LogP contribution < -0.4 is 10.2 Å². The lowest BCUT2D eigenvalue weighted by Gasteiger charge is -2.29. The molecule has 0 bridgehead atoms. The summed E-state index contributed by atoms with van der Waals surface area (Å²) in [7, 11) is 0. The Morgan fingerprint density at radius 3 is 2.59 bits per heavy atom. The highest BCUT2D eigenvalue weighted by molar-refractivity contribution is 5.82. The Balaban J connectivity index is 0.000000217. The lowest BCUT2D eigenvalue weighted by molar-refractivity contribution is -0.138. The van der Waals surface area contributed by atoms with Gasteiger partial charge in [0.1, 0.15) is 5.60 Å². The molecule has 2 N–H and O–H groups in total. The predicted octanol–water partition coefficient (Wildman–Crippen LogP) is 1.93. The summed E-state index contributed by atoms with van der Waals surface area (Å²) >= 11 is 0. The molecule has 0 aliphatic carbocycles. The standard InChI is InChI=1S/C11H14N4.C5H10O2/c1-2-11-9(8-13-14-11)7-10(1)15-5-3-12-4-6-15;1-5(2,3)7-4-6/h1-2,7-8,12H,3-6H2,(H,13,14);4H,1-3H3. The second-order valence-corrected chi connectivity index (χ2v) is 6.21. The molecule has 1 aromatic carbocycles. The quantitative estimate of drug-likeness (QED) is 0.830. The molecule has 2 heterocycles. The van der Waals surface area contributed by atoms with Gasteiger partial charge < -0.3 is 15.0 Å².